The molecule has 1 aromatic rings. The highest BCUT2D eigenvalue weighted by Gasteiger charge is 2.44. The monoisotopic (exact) mass is 419 g/mol. The maximum absolute atomic E-state index is 12.2. The molecule has 6 nitrogen and oxygen atoms in total. The van der Waals surface area contributed by atoms with Gasteiger partial charge in [0.15, 0.2) is 11.5 Å². The van der Waals surface area contributed by atoms with Crippen LogP contribution < -0.4 is 14.8 Å². The number of halogens is 1. The summed E-state index contributed by atoms with van der Waals surface area (Å²) < 4.78 is 11.6. The highest BCUT2D eigenvalue weighted by atomic mass is 79.9. The Hall–Kier alpha value is -2.16. The molecule has 0 saturated carbocycles. The van der Waals surface area contributed by atoms with E-state index in [0.717, 1.165) is 10.0 Å². The van der Waals surface area contributed by atoms with Crippen LogP contribution in [-0.2, 0) is 10.5 Å². The first-order valence-electron chi connectivity index (χ1n) is 7.44. The van der Waals surface area contributed by atoms with Crippen LogP contribution in [0.5, 0.6) is 11.5 Å². The van der Waals surface area contributed by atoms with Crippen LogP contribution >= 0.6 is 27.7 Å². The molecule has 8 heteroatoms. The standard InChI is InChI=1S/C17H14BrN3O3S/c1-17(2)10(5-19)15(22)21-16(11(17)6-20)25-7-9-3-13-14(4-12(9)18)24-8-23-13/h3-4,10H,7-8H2,1-2H3,(H,21,22)/t10-/m0/s1. The van der Waals surface area contributed by atoms with Gasteiger partial charge in [0, 0.05) is 15.6 Å². The minimum absolute atomic E-state index is 0.196. The summed E-state index contributed by atoms with van der Waals surface area (Å²) in [5.41, 5.74) is 0.536. The van der Waals surface area contributed by atoms with Crippen molar-refractivity contribution >= 4 is 33.6 Å². The van der Waals surface area contributed by atoms with Gasteiger partial charge in [0.05, 0.1) is 22.7 Å². The predicted octanol–water partition coefficient (Wildman–Crippen LogP) is 3.44. The Morgan fingerprint density at radius 1 is 1.36 bits per heavy atom. The Bertz CT molecular complexity index is 867. The van der Waals surface area contributed by atoms with E-state index in [-0.39, 0.29) is 12.7 Å². The van der Waals surface area contributed by atoms with E-state index in [1.54, 1.807) is 13.8 Å². The Morgan fingerprint density at radius 2 is 2.04 bits per heavy atom. The molecule has 0 saturated heterocycles. The number of nitriles is 2. The number of hydrogen-bond acceptors (Lipinski definition) is 6. The zero-order valence-electron chi connectivity index (χ0n) is 13.6. The molecule has 1 amide bonds. The van der Waals surface area contributed by atoms with Crippen molar-refractivity contribution in [2.24, 2.45) is 11.3 Å². The van der Waals surface area contributed by atoms with Crippen LogP contribution in [-0.4, -0.2) is 12.7 Å². The van der Waals surface area contributed by atoms with Crippen molar-refractivity contribution in [2.75, 3.05) is 6.79 Å². The fourth-order valence-corrected chi connectivity index (χ4v) is 4.57. The van der Waals surface area contributed by atoms with Gasteiger partial charge in [0.1, 0.15) is 5.92 Å². The van der Waals surface area contributed by atoms with E-state index < -0.39 is 11.3 Å². The summed E-state index contributed by atoms with van der Waals surface area (Å²) in [6, 6.07) is 7.87. The molecule has 0 bridgehead atoms. The maximum Gasteiger partial charge on any atom is 0.243 e. The minimum atomic E-state index is -0.885. The lowest BCUT2D eigenvalue weighted by Gasteiger charge is -2.34. The third-order valence-electron chi connectivity index (χ3n) is 4.25. The Kier molecular flexibility index (Phi) is 4.68. The number of thioether (sulfide) groups is 1. The van der Waals surface area contributed by atoms with Gasteiger partial charge in [-0.05, 0) is 17.7 Å². The molecule has 25 heavy (non-hydrogen) atoms. The molecule has 128 valence electrons. The second kappa shape index (κ2) is 6.62. The average Bonchev–Trinajstić information content (AvgIpc) is 2.99. The number of hydrogen-bond donors (Lipinski definition) is 1. The van der Waals surface area contributed by atoms with E-state index in [4.69, 9.17) is 9.47 Å². The number of allylic oxidation sites excluding steroid dienone is 1. The summed E-state index contributed by atoms with van der Waals surface area (Å²) in [5.74, 6) is 0.612. The van der Waals surface area contributed by atoms with E-state index in [1.165, 1.54) is 11.8 Å². The zero-order chi connectivity index (χ0) is 18.2. The molecule has 2 heterocycles. The normalized spacial score (nSPS) is 20.7. The van der Waals surface area contributed by atoms with E-state index in [9.17, 15) is 15.3 Å². The lowest BCUT2D eigenvalue weighted by atomic mass is 9.72. The predicted molar refractivity (Wildman–Crippen MR) is 95.2 cm³/mol. The van der Waals surface area contributed by atoms with Gasteiger partial charge in [-0.1, -0.05) is 29.8 Å². The van der Waals surface area contributed by atoms with E-state index in [2.05, 4.69) is 27.3 Å². The number of carbonyl (C=O) groups is 1. The third kappa shape index (κ3) is 3.08. The highest BCUT2D eigenvalue weighted by Crippen LogP contribution is 2.44. The number of rotatable bonds is 3. The Morgan fingerprint density at radius 3 is 2.68 bits per heavy atom. The lowest BCUT2D eigenvalue weighted by Crippen LogP contribution is -2.44. The molecule has 0 fully saturated rings. The fraction of sp³-hybridized carbons (Fsp3) is 0.353. The third-order valence-corrected chi connectivity index (χ3v) is 6.03. The number of benzene rings is 1. The first-order chi connectivity index (χ1) is 11.9. The average molecular weight is 420 g/mol. The zero-order valence-corrected chi connectivity index (χ0v) is 16.0. The van der Waals surface area contributed by atoms with Crippen molar-refractivity contribution in [3.63, 3.8) is 0 Å². The second-order valence-corrected chi connectivity index (χ2v) is 8.01. The summed E-state index contributed by atoms with van der Waals surface area (Å²) in [6.07, 6.45) is 0. The smallest absolute Gasteiger partial charge is 0.243 e. The van der Waals surface area contributed by atoms with E-state index >= 15 is 0 Å². The Labute approximate surface area is 157 Å². The van der Waals surface area contributed by atoms with Crippen LogP contribution in [0.4, 0.5) is 0 Å². The van der Waals surface area contributed by atoms with Crippen LogP contribution in [0.1, 0.15) is 19.4 Å². The molecule has 1 aromatic carbocycles. The van der Waals surface area contributed by atoms with Crippen molar-refractivity contribution in [3.8, 4) is 23.6 Å². The van der Waals surface area contributed by atoms with Crippen molar-refractivity contribution in [1.29, 1.82) is 10.5 Å². The molecule has 3 rings (SSSR count). The first-order valence-corrected chi connectivity index (χ1v) is 9.22. The summed E-state index contributed by atoms with van der Waals surface area (Å²) in [4.78, 5) is 12.2. The van der Waals surface area contributed by atoms with Crippen LogP contribution in [0, 0.1) is 34.0 Å². The van der Waals surface area contributed by atoms with Crippen molar-refractivity contribution in [3.05, 3.63) is 32.8 Å². The highest BCUT2D eigenvalue weighted by molar-refractivity contribution is 9.10. The van der Waals surface area contributed by atoms with Crippen LogP contribution in [0.3, 0.4) is 0 Å². The van der Waals surface area contributed by atoms with Gasteiger partial charge < -0.3 is 14.8 Å². The molecule has 0 aliphatic carbocycles. The van der Waals surface area contributed by atoms with Gasteiger partial charge in [0.2, 0.25) is 12.7 Å². The molecule has 0 unspecified atom stereocenters. The summed E-state index contributed by atoms with van der Waals surface area (Å²) in [6.45, 7) is 3.69. The van der Waals surface area contributed by atoms with Crippen molar-refractivity contribution < 1.29 is 14.3 Å². The maximum atomic E-state index is 12.2. The van der Waals surface area contributed by atoms with Gasteiger partial charge in [-0.25, -0.2) is 0 Å². The molecule has 1 atom stereocenters. The number of ether oxygens (including phenoxy) is 2. The van der Waals surface area contributed by atoms with Gasteiger partial charge in [-0.3, -0.25) is 4.79 Å². The van der Waals surface area contributed by atoms with Gasteiger partial charge in [0.25, 0.3) is 0 Å². The quantitative estimate of drug-likeness (QED) is 0.805. The number of amides is 1. The van der Waals surface area contributed by atoms with Gasteiger partial charge in [-0.2, -0.15) is 10.5 Å². The van der Waals surface area contributed by atoms with E-state index in [0.29, 0.717) is 27.9 Å². The minimum Gasteiger partial charge on any atom is -0.454 e. The SMILES string of the molecule is CC1(C)C(C#N)=C(SCc2cc3c(cc2Br)OCO3)NC(=O)[C@@H]1C#N. The Balaban J connectivity index is 1.88. The molecule has 0 spiro atoms. The van der Waals surface area contributed by atoms with Crippen LogP contribution in [0.25, 0.3) is 0 Å². The summed E-state index contributed by atoms with van der Waals surface area (Å²) in [5, 5.41) is 22.0. The van der Waals surface area contributed by atoms with Gasteiger partial charge >= 0.3 is 0 Å². The number of fused-ring (bicyclic) bond motifs is 1. The first kappa shape index (κ1) is 17.7. The lowest BCUT2D eigenvalue weighted by molar-refractivity contribution is -0.125. The molecule has 1 N–H and O–H groups in total. The number of nitrogens with one attached hydrogen (secondary N) is 1. The van der Waals surface area contributed by atoms with E-state index in [1.807, 2.05) is 18.2 Å². The molecule has 0 radical (unpaired) electrons. The molecular weight excluding hydrogens is 406 g/mol. The van der Waals surface area contributed by atoms with Crippen molar-refractivity contribution in [1.82, 2.24) is 5.32 Å². The molecule has 2 aliphatic rings. The molecule has 0 aromatic heterocycles. The van der Waals surface area contributed by atoms with Crippen LogP contribution in [0.2, 0.25) is 0 Å². The topological polar surface area (TPSA) is 95.1 Å². The van der Waals surface area contributed by atoms with Crippen LogP contribution in [0.15, 0.2) is 27.2 Å². The largest absolute Gasteiger partial charge is 0.454 e. The molecule has 2 aliphatic heterocycles. The fourth-order valence-electron chi connectivity index (χ4n) is 2.75. The number of carbonyl (C=O) groups excluding carboxylic acids is 1. The summed E-state index contributed by atoms with van der Waals surface area (Å²) >= 11 is 4.85. The molecular formula is C17H14BrN3O3S. The van der Waals surface area contributed by atoms with Crippen molar-refractivity contribution in [2.45, 2.75) is 19.6 Å². The number of nitrogens with zero attached hydrogens (tertiary/aromatic N) is 2. The summed E-state index contributed by atoms with van der Waals surface area (Å²) in [7, 11) is 0. The second-order valence-electron chi connectivity index (χ2n) is 6.17. The van der Waals surface area contributed by atoms with Gasteiger partial charge in [-0.15, -0.1) is 11.8 Å².